The molecule has 1 saturated heterocycles. The molecule has 4 nitrogen and oxygen atoms in total. The number of methoxy groups -OCH3 is 1. The number of carbonyl (C=O) groups excluding carboxylic acids is 1. The Morgan fingerprint density at radius 3 is 2.32 bits per heavy atom. The van der Waals surface area contributed by atoms with Gasteiger partial charge in [-0.2, -0.15) is 0 Å². The predicted molar refractivity (Wildman–Crippen MR) is 112 cm³/mol. The van der Waals surface area contributed by atoms with Gasteiger partial charge >= 0.3 is 0 Å². The van der Waals surface area contributed by atoms with E-state index in [1.54, 1.807) is 7.11 Å². The minimum Gasteiger partial charge on any atom is -0.496 e. The smallest absolute Gasteiger partial charge is 0.223 e. The van der Waals surface area contributed by atoms with E-state index in [2.05, 4.69) is 18.2 Å². The molecule has 0 bridgehead atoms. The highest BCUT2D eigenvalue weighted by atomic mass is 16.5. The molecule has 1 fully saturated rings. The Hall–Kier alpha value is -2.49. The molecule has 1 atom stereocenters. The van der Waals surface area contributed by atoms with Crippen molar-refractivity contribution in [3.8, 4) is 11.5 Å². The summed E-state index contributed by atoms with van der Waals surface area (Å²) in [6.45, 7) is 5.78. The zero-order valence-electron chi connectivity index (χ0n) is 17.2. The summed E-state index contributed by atoms with van der Waals surface area (Å²) < 4.78 is 11.4. The summed E-state index contributed by atoms with van der Waals surface area (Å²) in [5.74, 6) is 1.85. The van der Waals surface area contributed by atoms with Gasteiger partial charge in [0.2, 0.25) is 5.91 Å². The molecule has 1 aliphatic heterocycles. The first-order chi connectivity index (χ1) is 13.6. The van der Waals surface area contributed by atoms with Crippen LogP contribution < -0.4 is 9.47 Å². The molecule has 0 aromatic heterocycles. The van der Waals surface area contributed by atoms with Gasteiger partial charge in [-0.25, -0.2) is 0 Å². The number of amides is 1. The molecule has 0 radical (unpaired) electrons. The third-order valence-electron chi connectivity index (χ3n) is 5.26. The van der Waals surface area contributed by atoms with Gasteiger partial charge in [-0.05, 0) is 56.9 Å². The number of hydrogen-bond donors (Lipinski definition) is 0. The van der Waals surface area contributed by atoms with Crippen molar-refractivity contribution in [1.82, 2.24) is 4.90 Å². The Bertz CT molecular complexity index is 764. The molecule has 0 saturated carbocycles. The van der Waals surface area contributed by atoms with Crippen molar-refractivity contribution < 1.29 is 14.3 Å². The standard InChI is InChI=1S/C24H31NO3/c1-18(2)28-20-13-11-19(12-14-20)22(21-9-5-6-10-23(21)27-3)17-24(26)25-15-7-4-8-16-25/h5-6,9-14,18,22H,4,7-8,15-17H2,1-3H3/t22-/m0/s1. The van der Waals surface area contributed by atoms with Crippen molar-refractivity contribution in [3.05, 3.63) is 59.7 Å². The number of ether oxygens (including phenoxy) is 2. The summed E-state index contributed by atoms with van der Waals surface area (Å²) in [7, 11) is 1.68. The largest absolute Gasteiger partial charge is 0.496 e. The fraction of sp³-hybridized carbons (Fsp3) is 0.458. The van der Waals surface area contributed by atoms with Gasteiger partial charge < -0.3 is 14.4 Å². The number of rotatable bonds is 7. The maximum Gasteiger partial charge on any atom is 0.223 e. The molecular weight excluding hydrogens is 350 g/mol. The fourth-order valence-electron chi connectivity index (χ4n) is 3.86. The quantitative estimate of drug-likeness (QED) is 0.676. The van der Waals surface area contributed by atoms with Crippen LogP contribution in [0.15, 0.2) is 48.5 Å². The van der Waals surface area contributed by atoms with Crippen molar-refractivity contribution in [3.63, 3.8) is 0 Å². The number of likely N-dealkylation sites (tertiary alicyclic amines) is 1. The molecule has 1 heterocycles. The Morgan fingerprint density at radius 2 is 1.68 bits per heavy atom. The van der Waals surface area contributed by atoms with Crippen LogP contribution in [0.5, 0.6) is 11.5 Å². The van der Waals surface area contributed by atoms with Crippen molar-refractivity contribution in [2.45, 2.75) is 51.6 Å². The molecular formula is C24H31NO3. The number of benzene rings is 2. The number of para-hydroxylation sites is 1. The van der Waals surface area contributed by atoms with E-state index in [1.165, 1.54) is 6.42 Å². The summed E-state index contributed by atoms with van der Waals surface area (Å²) in [5.41, 5.74) is 2.15. The van der Waals surface area contributed by atoms with Crippen LogP contribution >= 0.6 is 0 Å². The van der Waals surface area contributed by atoms with Crippen LogP contribution in [-0.2, 0) is 4.79 Å². The lowest BCUT2D eigenvalue weighted by Gasteiger charge is -2.29. The summed E-state index contributed by atoms with van der Waals surface area (Å²) in [5, 5.41) is 0. The van der Waals surface area contributed by atoms with Crippen molar-refractivity contribution >= 4 is 5.91 Å². The van der Waals surface area contributed by atoms with E-state index in [0.717, 1.165) is 48.6 Å². The first-order valence-corrected chi connectivity index (χ1v) is 10.3. The predicted octanol–water partition coefficient (Wildman–Crippen LogP) is 5.02. The summed E-state index contributed by atoms with van der Waals surface area (Å²) >= 11 is 0. The summed E-state index contributed by atoms with van der Waals surface area (Å²) in [6.07, 6.45) is 4.01. The SMILES string of the molecule is COc1ccccc1[C@@H](CC(=O)N1CCCCC1)c1ccc(OC(C)C)cc1. The van der Waals surface area contributed by atoms with E-state index < -0.39 is 0 Å². The summed E-state index contributed by atoms with van der Waals surface area (Å²) in [6, 6.07) is 16.1. The second kappa shape index (κ2) is 9.63. The minimum atomic E-state index is -0.0429. The van der Waals surface area contributed by atoms with Gasteiger partial charge in [0.15, 0.2) is 0 Å². The molecule has 0 unspecified atom stereocenters. The molecule has 4 heteroatoms. The van der Waals surface area contributed by atoms with Gasteiger partial charge in [0.05, 0.1) is 13.2 Å². The van der Waals surface area contributed by atoms with Gasteiger partial charge in [0.25, 0.3) is 0 Å². The first kappa shape index (κ1) is 20.2. The third kappa shape index (κ3) is 5.06. The summed E-state index contributed by atoms with van der Waals surface area (Å²) in [4.78, 5) is 15.0. The number of nitrogens with zero attached hydrogens (tertiary/aromatic N) is 1. The lowest BCUT2D eigenvalue weighted by atomic mass is 9.87. The second-order valence-electron chi connectivity index (χ2n) is 7.68. The van der Waals surface area contributed by atoms with Gasteiger partial charge in [0, 0.05) is 31.0 Å². The third-order valence-corrected chi connectivity index (χ3v) is 5.26. The molecule has 2 aromatic rings. The Labute approximate surface area is 168 Å². The van der Waals surface area contributed by atoms with Gasteiger partial charge in [0.1, 0.15) is 11.5 Å². The zero-order valence-corrected chi connectivity index (χ0v) is 17.2. The van der Waals surface area contributed by atoms with Crippen LogP contribution in [0.4, 0.5) is 0 Å². The van der Waals surface area contributed by atoms with Crippen LogP contribution in [0.25, 0.3) is 0 Å². The normalized spacial score (nSPS) is 15.4. The van der Waals surface area contributed by atoms with Crippen LogP contribution in [0.2, 0.25) is 0 Å². The van der Waals surface area contributed by atoms with E-state index >= 15 is 0 Å². The maximum atomic E-state index is 13.0. The zero-order chi connectivity index (χ0) is 19.9. The lowest BCUT2D eigenvalue weighted by molar-refractivity contribution is -0.132. The molecule has 0 aliphatic carbocycles. The van der Waals surface area contributed by atoms with E-state index in [-0.39, 0.29) is 17.9 Å². The molecule has 28 heavy (non-hydrogen) atoms. The van der Waals surface area contributed by atoms with Gasteiger partial charge in [-0.3, -0.25) is 4.79 Å². The number of carbonyl (C=O) groups is 1. The average molecular weight is 382 g/mol. The van der Waals surface area contributed by atoms with Crippen molar-refractivity contribution in [1.29, 1.82) is 0 Å². The molecule has 0 spiro atoms. The van der Waals surface area contributed by atoms with Crippen LogP contribution in [0.1, 0.15) is 56.6 Å². The molecule has 0 N–H and O–H groups in total. The lowest BCUT2D eigenvalue weighted by Crippen LogP contribution is -2.36. The van der Waals surface area contributed by atoms with Crippen LogP contribution in [0, 0.1) is 0 Å². The highest BCUT2D eigenvalue weighted by Crippen LogP contribution is 2.35. The number of piperidine rings is 1. The van der Waals surface area contributed by atoms with Gasteiger partial charge in [-0.15, -0.1) is 0 Å². The van der Waals surface area contributed by atoms with E-state index in [9.17, 15) is 4.79 Å². The van der Waals surface area contributed by atoms with Gasteiger partial charge in [-0.1, -0.05) is 30.3 Å². The molecule has 2 aromatic carbocycles. The van der Waals surface area contributed by atoms with E-state index in [4.69, 9.17) is 9.47 Å². The minimum absolute atomic E-state index is 0.0429. The Balaban J connectivity index is 1.88. The first-order valence-electron chi connectivity index (χ1n) is 10.3. The second-order valence-corrected chi connectivity index (χ2v) is 7.68. The fourth-order valence-corrected chi connectivity index (χ4v) is 3.86. The van der Waals surface area contributed by atoms with E-state index in [0.29, 0.717) is 6.42 Å². The van der Waals surface area contributed by atoms with Crippen LogP contribution in [0.3, 0.4) is 0 Å². The van der Waals surface area contributed by atoms with E-state index in [1.807, 2.05) is 49.1 Å². The van der Waals surface area contributed by atoms with Crippen LogP contribution in [-0.4, -0.2) is 37.1 Å². The van der Waals surface area contributed by atoms with Crippen molar-refractivity contribution in [2.75, 3.05) is 20.2 Å². The maximum absolute atomic E-state index is 13.0. The molecule has 1 amide bonds. The molecule has 150 valence electrons. The topological polar surface area (TPSA) is 38.8 Å². The molecule has 1 aliphatic rings. The monoisotopic (exact) mass is 381 g/mol. The number of hydrogen-bond acceptors (Lipinski definition) is 3. The average Bonchev–Trinajstić information content (AvgIpc) is 2.73. The Morgan fingerprint density at radius 1 is 1.00 bits per heavy atom. The Kier molecular flexibility index (Phi) is 6.96. The highest BCUT2D eigenvalue weighted by Gasteiger charge is 2.25. The highest BCUT2D eigenvalue weighted by molar-refractivity contribution is 5.78. The molecule has 3 rings (SSSR count). The van der Waals surface area contributed by atoms with Crippen molar-refractivity contribution in [2.24, 2.45) is 0 Å².